The first-order valence-corrected chi connectivity index (χ1v) is 9.69. The number of ether oxygens (including phenoxy) is 1. The van der Waals surface area contributed by atoms with Crippen LogP contribution in [0, 0.1) is 0 Å². The fourth-order valence-corrected chi connectivity index (χ4v) is 3.92. The molecule has 1 unspecified atom stereocenters. The Morgan fingerprint density at radius 1 is 1.62 bits per heavy atom. The van der Waals surface area contributed by atoms with Gasteiger partial charge < -0.3 is 15.4 Å². The Balaban J connectivity index is 1.63. The second kappa shape index (κ2) is 7.59. The van der Waals surface area contributed by atoms with E-state index in [0.717, 1.165) is 0 Å². The van der Waals surface area contributed by atoms with Gasteiger partial charge in [0, 0.05) is 13.0 Å². The number of aliphatic imine (C=N–C) groups is 1. The van der Waals surface area contributed by atoms with Crippen LogP contribution >= 0.6 is 35.6 Å². The smallest absolute Gasteiger partial charge is 0.416 e. The highest BCUT2D eigenvalue weighted by Gasteiger charge is 2.64. The molecule has 0 radical (unpaired) electrons. The van der Waals surface area contributed by atoms with Crippen molar-refractivity contribution in [1.29, 1.82) is 0 Å². The molecule has 1 saturated heterocycles. The molecular weight excluding hydrogens is 396 g/mol. The summed E-state index contributed by atoms with van der Waals surface area (Å²) in [4.78, 5) is 30.9. The lowest BCUT2D eigenvalue weighted by atomic mass is 10.3. The number of likely N-dealkylation sites (N-methyl/N-ethyl adjacent to an activating group) is 1. The molecule has 0 bridgehead atoms. The fourth-order valence-electron chi connectivity index (χ4n) is 2.83. The predicted octanol–water partition coefficient (Wildman–Crippen LogP) is 2.50. The van der Waals surface area contributed by atoms with E-state index in [2.05, 4.69) is 28.3 Å². The number of carbonyl (C=O) groups excluding carboxylic acids is 2. The molecule has 7 nitrogen and oxygen atoms in total. The van der Waals surface area contributed by atoms with Crippen LogP contribution in [-0.4, -0.2) is 54.5 Å². The van der Waals surface area contributed by atoms with Crippen LogP contribution < -0.4 is 10.6 Å². The molecule has 2 aliphatic rings. The molecule has 140 valence electrons. The number of rotatable bonds is 5. The number of thiophene rings is 1. The van der Waals surface area contributed by atoms with E-state index in [0.29, 0.717) is 40.3 Å². The van der Waals surface area contributed by atoms with Crippen molar-refractivity contribution in [2.75, 3.05) is 20.1 Å². The largest absolute Gasteiger partial charge is 0.438 e. The lowest BCUT2D eigenvalue weighted by molar-refractivity contribution is 0.0911. The third-order valence-electron chi connectivity index (χ3n) is 4.27. The summed E-state index contributed by atoms with van der Waals surface area (Å²) in [6.07, 6.45) is 0.129. The van der Waals surface area contributed by atoms with Crippen LogP contribution in [0.3, 0.4) is 0 Å². The molecule has 3 rings (SSSR count). The Morgan fingerprint density at radius 3 is 3.00 bits per heavy atom. The van der Waals surface area contributed by atoms with Gasteiger partial charge in [-0.3, -0.25) is 9.69 Å². The molecule has 1 aromatic rings. The highest BCUT2D eigenvalue weighted by atomic mass is 35.5. The van der Waals surface area contributed by atoms with Crippen LogP contribution in [0.25, 0.3) is 0 Å². The van der Waals surface area contributed by atoms with Crippen molar-refractivity contribution in [3.63, 3.8) is 0 Å². The third kappa shape index (κ3) is 3.90. The SMILES string of the molecule is CNC/C(=C/S)N=C(C)N1C[C@@]2(CC2NC(=O)c2ccc(Cl)s2)OC1=O. The molecule has 2 amide bonds. The molecule has 2 atom stereocenters. The average molecular weight is 415 g/mol. The molecule has 1 spiro atoms. The van der Waals surface area contributed by atoms with Crippen LogP contribution in [0.4, 0.5) is 4.79 Å². The number of nitrogens with zero attached hydrogens (tertiary/aromatic N) is 2. The Bertz CT molecular complexity index is 794. The van der Waals surface area contributed by atoms with Gasteiger partial charge in [0.25, 0.3) is 5.91 Å². The molecular formula is C16H19ClN4O3S2. The topological polar surface area (TPSA) is 83.0 Å². The Kier molecular flexibility index (Phi) is 5.61. The molecule has 2 N–H and O–H groups in total. The molecule has 1 aliphatic carbocycles. The van der Waals surface area contributed by atoms with Crippen molar-refractivity contribution in [1.82, 2.24) is 15.5 Å². The van der Waals surface area contributed by atoms with Crippen molar-refractivity contribution in [2.45, 2.75) is 25.0 Å². The monoisotopic (exact) mass is 414 g/mol. The van der Waals surface area contributed by atoms with E-state index in [1.165, 1.54) is 16.2 Å². The Morgan fingerprint density at radius 2 is 2.38 bits per heavy atom. The number of hydrogen-bond acceptors (Lipinski definition) is 7. The standard InChI is InChI=1S/C16H19ClN4O3S2/c1-9(19-10(7-25)6-18-2)21-8-16(24-15(21)23)5-12(16)20-14(22)11-3-4-13(17)26-11/h3-4,7,12,18,25H,5-6,8H2,1-2H3,(H,20,22)/b10-7-,19-9?/t12?,16-/m1/s1. The highest BCUT2D eigenvalue weighted by molar-refractivity contribution is 7.83. The number of hydrogen-bond donors (Lipinski definition) is 3. The van der Waals surface area contributed by atoms with Gasteiger partial charge in [0.05, 0.1) is 27.5 Å². The summed E-state index contributed by atoms with van der Waals surface area (Å²) in [6, 6.07) is 3.14. The average Bonchev–Trinajstić information content (AvgIpc) is 2.93. The lowest BCUT2D eigenvalue weighted by Gasteiger charge is -2.13. The van der Waals surface area contributed by atoms with E-state index in [1.54, 1.807) is 31.5 Å². The molecule has 1 saturated carbocycles. The number of nitrogens with one attached hydrogen (secondary N) is 2. The second-order valence-electron chi connectivity index (χ2n) is 6.16. The minimum Gasteiger partial charge on any atom is -0.438 e. The molecule has 2 fully saturated rings. The number of carbonyl (C=O) groups is 2. The van der Waals surface area contributed by atoms with Gasteiger partial charge in [-0.05, 0) is 31.5 Å². The zero-order chi connectivity index (χ0) is 18.9. The van der Waals surface area contributed by atoms with E-state index >= 15 is 0 Å². The van der Waals surface area contributed by atoms with E-state index in [4.69, 9.17) is 16.3 Å². The fraction of sp³-hybridized carbons (Fsp3) is 0.438. The van der Waals surface area contributed by atoms with E-state index in [-0.39, 0.29) is 11.9 Å². The summed E-state index contributed by atoms with van der Waals surface area (Å²) >= 11 is 11.2. The molecule has 2 heterocycles. The molecule has 26 heavy (non-hydrogen) atoms. The number of amides is 2. The summed E-state index contributed by atoms with van der Waals surface area (Å²) < 4.78 is 6.09. The van der Waals surface area contributed by atoms with Crippen molar-refractivity contribution in [2.24, 2.45) is 4.99 Å². The first-order valence-electron chi connectivity index (χ1n) is 7.98. The van der Waals surface area contributed by atoms with E-state index < -0.39 is 11.7 Å². The summed E-state index contributed by atoms with van der Waals surface area (Å²) in [5.74, 6) is 0.322. The Labute approximate surface area is 165 Å². The quantitative estimate of drug-likeness (QED) is 0.392. The van der Waals surface area contributed by atoms with Crippen LogP contribution in [0.5, 0.6) is 0 Å². The molecule has 0 aromatic carbocycles. The molecule has 10 heteroatoms. The van der Waals surface area contributed by atoms with Crippen molar-refractivity contribution < 1.29 is 14.3 Å². The summed E-state index contributed by atoms with van der Waals surface area (Å²) in [6.45, 7) is 2.64. The first-order chi connectivity index (χ1) is 12.4. The summed E-state index contributed by atoms with van der Waals surface area (Å²) in [5.41, 5.74) is 0.0237. The van der Waals surface area contributed by atoms with Crippen molar-refractivity contribution in [3.05, 3.63) is 32.5 Å². The van der Waals surface area contributed by atoms with Crippen LogP contribution in [-0.2, 0) is 4.74 Å². The first kappa shape index (κ1) is 19.2. The summed E-state index contributed by atoms with van der Waals surface area (Å²) in [7, 11) is 1.81. The van der Waals surface area contributed by atoms with Gasteiger partial charge in [0.1, 0.15) is 5.84 Å². The van der Waals surface area contributed by atoms with Crippen molar-refractivity contribution >= 4 is 53.4 Å². The number of amidine groups is 1. The second-order valence-corrected chi connectivity index (χ2v) is 8.14. The predicted molar refractivity (Wildman–Crippen MR) is 105 cm³/mol. The van der Waals surface area contributed by atoms with Gasteiger partial charge in [-0.1, -0.05) is 11.6 Å². The van der Waals surface area contributed by atoms with E-state index in [9.17, 15) is 9.59 Å². The van der Waals surface area contributed by atoms with Crippen LogP contribution in [0.1, 0.15) is 23.0 Å². The number of thiol groups is 1. The maximum absolute atomic E-state index is 12.2. The zero-order valence-electron chi connectivity index (χ0n) is 14.3. The highest BCUT2D eigenvalue weighted by Crippen LogP contribution is 2.45. The van der Waals surface area contributed by atoms with Gasteiger partial charge in [-0.15, -0.1) is 24.0 Å². The minimum absolute atomic E-state index is 0.210. The maximum Gasteiger partial charge on any atom is 0.416 e. The van der Waals surface area contributed by atoms with E-state index in [1.807, 2.05) is 0 Å². The van der Waals surface area contributed by atoms with Crippen LogP contribution in [0.15, 0.2) is 28.2 Å². The van der Waals surface area contributed by atoms with Gasteiger partial charge in [-0.25, -0.2) is 9.79 Å². The lowest BCUT2D eigenvalue weighted by Crippen LogP contribution is -2.35. The van der Waals surface area contributed by atoms with Gasteiger partial charge in [0.2, 0.25) is 0 Å². The van der Waals surface area contributed by atoms with Gasteiger partial charge >= 0.3 is 6.09 Å². The molecule has 1 aromatic heterocycles. The van der Waals surface area contributed by atoms with Gasteiger partial charge in [-0.2, -0.15) is 0 Å². The van der Waals surface area contributed by atoms with Gasteiger partial charge in [0.15, 0.2) is 5.60 Å². The Hall–Kier alpha value is -1.55. The van der Waals surface area contributed by atoms with Crippen molar-refractivity contribution in [3.8, 4) is 0 Å². The normalized spacial score (nSPS) is 25.6. The third-order valence-corrected chi connectivity index (χ3v) is 5.79. The maximum atomic E-state index is 12.2. The zero-order valence-corrected chi connectivity index (χ0v) is 16.8. The number of halogens is 1. The molecule has 1 aliphatic heterocycles. The van der Waals surface area contributed by atoms with Crippen LogP contribution in [0.2, 0.25) is 4.34 Å². The minimum atomic E-state index is -0.682. The summed E-state index contributed by atoms with van der Waals surface area (Å²) in [5, 5.41) is 7.48.